The first-order valence-electron chi connectivity index (χ1n) is 19.4. The normalized spacial score (nSPS) is 15.9. The number of hydrogen-bond acceptors (Lipinski definition) is 10. The minimum Gasteiger partial charge on any atom is -0.381 e. The van der Waals surface area contributed by atoms with E-state index in [1.54, 1.807) is 42.2 Å². The lowest BCUT2D eigenvalue weighted by atomic mass is 9.99. The van der Waals surface area contributed by atoms with E-state index in [2.05, 4.69) is 78.3 Å². The number of piperazine rings is 1. The Balaban J connectivity index is 0.926. The number of benzene rings is 4. The summed E-state index contributed by atoms with van der Waals surface area (Å²) in [6.45, 7) is 10.4. The van der Waals surface area contributed by atoms with Crippen LogP contribution < -0.4 is 14.9 Å². The van der Waals surface area contributed by atoms with Crippen molar-refractivity contribution in [3.8, 4) is 11.1 Å². The lowest BCUT2D eigenvalue weighted by molar-refractivity contribution is 0.0370. The predicted octanol–water partition coefficient (Wildman–Crippen LogP) is 7.45. The van der Waals surface area contributed by atoms with Gasteiger partial charge < -0.3 is 15.0 Å². The second kappa shape index (κ2) is 19.3. The Labute approximate surface area is 345 Å². The molecule has 0 spiro atoms. The standard InChI is InChI=1S/C44H49ClN6O4S2/c1-33-29-40(16-18-42(33)47-37(19-20-49-25-27-55-28-26-49)32-56-39-8-3-2-4-9-39)57(53,54)48-44(52)43-17-15-38(30-46-43)51-23-21-50(22-24-51)31-35-7-5-6-10-41(35)34-11-13-36(45)14-12-34/h2-18,29-30,37,47H,19-28,31-32H2,1H3,(H,48,52)/t37-/m1/s1. The number of anilines is 2. The minimum atomic E-state index is -4.14. The van der Waals surface area contributed by atoms with Crippen LogP contribution >= 0.6 is 23.4 Å². The van der Waals surface area contributed by atoms with Crippen molar-refractivity contribution in [2.24, 2.45) is 0 Å². The highest BCUT2D eigenvalue weighted by molar-refractivity contribution is 7.99. The second-order valence-corrected chi connectivity index (χ2v) is 17.7. The minimum absolute atomic E-state index is 0.0210. The molecule has 2 fully saturated rings. The fourth-order valence-corrected chi connectivity index (χ4v) is 9.34. The molecule has 0 saturated carbocycles. The summed E-state index contributed by atoms with van der Waals surface area (Å²) in [7, 11) is -4.14. The maximum atomic E-state index is 13.4. The van der Waals surface area contributed by atoms with Crippen molar-refractivity contribution in [2.45, 2.75) is 35.7 Å². The van der Waals surface area contributed by atoms with Crippen LogP contribution in [-0.2, 0) is 21.3 Å². The van der Waals surface area contributed by atoms with Crippen molar-refractivity contribution in [3.63, 3.8) is 0 Å². The van der Waals surface area contributed by atoms with Crippen LogP contribution in [0.25, 0.3) is 11.1 Å². The Hall–Kier alpha value is -4.43. The van der Waals surface area contributed by atoms with Gasteiger partial charge in [-0.05, 0) is 90.2 Å². The summed E-state index contributed by atoms with van der Waals surface area (Å²) in [6.07, 6.45) is 2.57. The molecule has 1 aromatic heterocycles. The van der Waals surface area contributed by atoms with E-state index < -0.39 is 15.9 Å². The summed E-state index contributed by atoms with van der Waals surface area (Å²) in [4.78, 5) is 25.8. The smallest absolute Gasteiger partial charge is 0.283 e. The molecule has 0 unspecified atom stereocenters. The number of nitrogens with zero attached hydrogens (tertiary/aromatic N) is 4. The van der Waals surface area contributed by atoms with Gasteiger partial charge in [-0.15, -0.1) is 11.8 Å². The maximum absolute atomic E-state index is 13.4. The summed E-state index contributed by atoms with van der Waals surface area (Å²) in [5.74, 6) is 0.0823. The number of sulfonamides is 1. The van der Waals surface area contributed by atoms with Crippen molar-refractivity contribution in [3.05, 3.63) is 137 Å². The van der Waals surface area contributed by atoms with Gasteiger partial charge in [0.25, 0.3) is 15.9 Å². The first-order valence-corrected chi connectivity index (χ1v) is 22.2. The zero-order valence-electron chi connectivity index (χ0n) is 32.1. The van der Waals surface area contributed by atoms with Gasteiger partial charge in [0.2, 0.25) is 0 Å². The van der Waals surface area contributed by atoms with Crippen LogP contribution in [0.15, 0.2) is 125 Å². The van der Waals surface area contributed by atoms with E-state index in [1.165, 1.54) is 16.0 Å². The number of rotatable bonds is 15. The van der Waals surface area contributed by atoms with Crippen molar-refractivity contribution in [1.29, 1.82) is 0 Å². The number of nitrogens with one attached hydrogen (secondary N) is 2. The molecule has 0 aliphatic carbocycles. The van der Waals surface area contributed by atoms with Gasteiger partial charge >= 0.3 is 0 Å². The van der Waals surface area contributed by atoms with Crippen molar-refractivity contribution in [2.75, 3.05) is 75.0 Å². The SMILES string of the molecule is Cc1cc(S(=O)(=O)NC(=O)c2ccc(N3CCN(Cc4ccccc4-c4ccc(Cl)cc4)CC3)cn2)ccc1N[C@H](CCN1CCOCC1)CSc1ccccc1. The van der Waals surface area contributed by atoms with E-state index >= 15 is 0 Å². The molecule has 1 amide bonds. The van der Waals surface area contributed by atoms with Crippen LogP contribution in [0.5, 0.6) is 0 Å². The fourth-order valence-electron chi connectivity index (χ4n) is 7.17. The average molecular weight is 826 g/mol. The molecular weight excluding hydrogens is 776 g/mol. The number of morpholine rings is 1. The molecule has 0 radical (unpaired) electrons. The van der Waals surface area contributed by atoms with Gasteiger partial charge in [-0.25, -0.2) is 18.1 Å². The number of aromatic nitrogens is 1. The Morgan fingerprint density at radius 3 is 2.32 bits per heavy atom. The van der Waals surface area contributed by atoms with E-state index in [0.717, 1.165) is 105 Å². The van der Waals surface area contributed by atoms with Crippen molar-refractivity contribution >= 4 is 50.7 Å². The maximum Gasteiger partial charge on any atom is 0.283 e. The lowest BCUT2D eigenvalue weighted by Crippen LogP contribution is -2.46. The molecule has 2 N–H and O–H groups in total. The Kier molecular flexibility index (Phi) is 13.8. The van der Waals surface area contributed by atoms with Crippen LogP contribution in [0, 0.1) is 6.92 Å². The van der Waals surface area contributed by atoms with Crippen molar-refractivity contribution < 1.29 is 17.9 Å². The Morgan fingerprint density at radius 1 is 0.860 bits per heavy atom. The van der Waals surface area contributed by atoms with Gasteiger partial charge in [0.05, 0.1) is 30.0 Å². The first kappa shape index (κ1) is 40.8. The largest absolute Gasteiger partial charge is 0.381 e. The number of pyridine rings is 1. The highest BCUT2D eigenvalue weighted by atomic mass is 35.5. The summed E-state index contributed by atoms with van der Waals surface area (Å²) >= 11 is 7.93. The molecule has 2 aliphatic heterocycles. The van der Waals surface area contributed by atoms with Gasteiger partial charge in [-0.1, -0.05) is 66.2 Å². The first-order chi connectivity index (χ1) is 27.7. The van der Waals surface area contributed by atoms with Crippen LogP contribution in [0.1, 0.15) is 28.0 Å². The molecule has 298 valence electrons. The number of aryl methyl sites for hydroxylation is 1. The Bertz CT molecular complexity index is 2200. The fraction of sp³-hybridized carbons (Fsp3) is 0.318. The number of halogens is 1. The lowest BCUT2D eigenvalue weighted by Gasteiger charge is -2.36. The summed E-state index contributed by atoms with van der Waals surface area (Å²) in [5, 5.41) is 4.40. The summed E-state index contributed by atoms with van der Waals surface area (Å²) in [6, 6.07) is 35.2. The van der Waals surface area contributed by atoms with Gasteiger partial charge in [0.1, 0.15) is 5.69 Å². The molecule has 10 nitrogen and oxygen atoms in total. The number of ether oxygens (including phenoxy) is 1. The van der Waals surface area contributed by atoms with Gasteiger partial charge in [-0.2, -0.15) is 0 Å². The van der Waals surface area contributed by atoms with Crippen LogP contribution in [0.3, 0.4) is 0 Å². The molecule has 3 heterocycles. The average Bonchev–Trinajstić information content (AvgIpc) is 3.24. The number of amides is 1. The van der Waals surface area contributed by atoms with Crippen LogP contribution in [0.2, 0.25) is 5.02 Å². The number of hydrogen-bond donors (Lipinski definition) is 2. The molecule has 0 bridgehead atoms. The second-order valence-electron chi connectivity index (χ2n) is 14.4. The third-order valence-electron chi connectivity index (χ3n) is 10.5. The number of carbonyl (C=O) groups is 1. The highest BCUT2D eigenvalue weighted by Crippen LogP contribution is 2.28. The highest BCUT2D eigenvalue weighted by Gasteiger charge is 2.23. The van der Waals surface area contributed by atoms with Crippen LogP contribution in [0.4, 0.5) is 11.4 Å². The molecule has 7 rings (SSSR count). The van der Waals surface area contributed by atoms with Crippen LogP contribution in [-0.4, -0.2) is 99.9 Å². The van der Waals surface area contributed by atoms with E-state index in [9.17, 15) is 13.2 Å². The number of thioether (sulfide) groups is 1. The van der Waals surface area contributed by atoms with E-state index in [1.807, 2.05) is 43.3 Å². The molecule has 13 heteroatoms. The molecule has 57 heavy (non-hydrogen) atoms. The summed E-state index contributed by atoms with van der Waals surface area (Å²) in [5.41, 5.74) is 6.18. The van der Waals surface area contributed by atoms with E-state index in [4.69, 9.17) is 16.3 Å². The topological polar surface area (TPSA) is 107 Å². The molecule has 2 aliphatic rings. The molecule has 4 aromatic carbocycles. The molecule has 5 aromatic rings. The van der Waals surface area contributed by atoms with Gasteiger partial charge in [0.15, 0.2) is 0 Å². The van der Waals surface area contributed by atoms with Gasteiger partial charge in [-0.3, -0.25) is 14.6 Å². The van der Waals surface area contributed by atoms with Crippen molar-refractivity contribution in [1.82, 2.24) is 19.5 Å². The predicted molar refractivity (Wildman–Crippen MR) is 231 cm³/mol. The zero-order valence-corrected chi connectivity index (χ0v) is 34.5. The third-order valence-corrected chi connectivity index (χ3v) is 13.2. The zero-order chi connectivity index (χ0) is 39.6. The summed E-state index contributed by atoms with van der Waals surface area (Å²) < 4.78 is 34.6. The molecular formula is C44H49ClN6O4S2. The molecule has 2 saturated heterocycles. The van der Waals surface area contributed by atoms with E-state index in [-0.39, 0.29) is 16.6 Å². The number of carbonyl (C=O) groups excluding carboxylic acids is 1. The quantitative estimate of drug-likeness (QED) is 0.104. The molecule has 1 atom stereocenters. The monoisotopic (exact) mass is 824 g/mol. The Morgan fingerprint density at radius 2 is 1.60 bits per heavy atom. The third kappa shape index (κ3) is 11.2. The van der Waals surface area contributed by atoms with E-state index in [0.29, 0.717) is 0 Å². The van der Waals surface area contributed by atoms with Gasteiger partial charge in [0, 0.05) is 79.8 Å².